The van der Waals surface area contributed by atoms with Crippen LogP contribution in [0, 0.1) is 5.82 Å². The zero-order valence-corrected chi connectivity index (χ0v) is 10.5. The molecule has 104 valence electrons. The molecular formula is C12H12FN5O2. The molecule has 1 aromatic carbocycles. The highest BCUT2D eigenvalue weighted by atomic mass is 19.1. The number of amides is 1. The molecule has 0 radical (unpaired) electrons. The zero-order chi connectivity index (χ0) is 14.7. The SMILES string of the molecule is Cn1cc(C(=O)Nc2cccc(F)c2/C(N)=N/O)cn1. The second-order valence-corrected chi connectivity index (χ2v) is 4.00. The van der Waals surface area contributed by atoms with Crippen molar-refractivity contribution in [1.29, 1.82) is 0 Å². The molecule has 0 spiro atoms. The molecule has 0 atom stereocenters. The van der Waals surface area contributed by atoms with Gasteiger partial charge in [0.1, 0.15) is 5.82 Å². The van der Waals surface area contributed by atoms with Gasteiger partial charge in [-0.15, -0.1) is 0 Å². The van der Waals surface area contributed by atoms with E-state index < -0.39 is 17.6 Å². The number of rotatable bonds is 3. The first-order valence-electron chi connectivity index (χ1n) is 5.59. The molecule has 1 heterocycles. The largest absolute Gasteiger partial charge is 0.409 e. The zero-order valence-electron chi connectivity index (χ0n) is 10.5. The number of aryl methyl sites for hydroxylation is 1. The first-order chi connectivity index (χ1) is 9.52. The van der Waals surface area contributed by atoms with E-state index in [-0.39, 0.29) is 11.3 Å². The lowest BCUT2D eigenvalue weighted by Gasteiger charge is -2.10. The van der Waals surface area contributed by atoms with Crippen LogP contribution in [0.5, 0.6) is 0 Å². The van der Waals surface area contributed by atoms with Gasteiger partial charge in [0.15, 0.2) is 5.84 Å². The molecule has 1 aromatic heterocycles. The van der Waals surface area contributed by atoms with Gasteiger partial charge in [-0.1, -0.05) is 11.2 Å². The lowest BCUT2D eigenvalue weighted by molar-refractivity contribution is 0.102. The van der Waals surface area contributed by atoms with Gasteiger partial charge in [-0.2, -0.15) is 5.10 Å². The van der Waals surface area contributed by atoms with E-state index in [2.05, 4.69) is 15.6 Å². The Morgan fingerprint density at radius 1 is 1.55 bits per heavy atom. The predicted molar refractivity (Wildman–Crippen MR) is 70.1 cm³/mol. The second kappa shape index (κ2) is 5.39. The third kappa shape index (κ3) is 2.58. The number of hydrogen-bond donors (Lipinski definition) is 3. The van der Waals surface area contributed by atoms with Crippen molar-refractivity contribution < 1.29 is 14.4 Å². The fourth-order valence-corrected chi connectivity index (χ4v) is 1.67. The van der Waals surface area contributed by atoms with Crippen molar-refractivity contribution in [3.8, 4) is 0 Å². The molecule has 0 bridgehead atoms. The fraction of sp³-hybridized carbons (Fsp3) is 0.0833. The standard InChI is InChI=1S/C12H12FN5O2/c1-18-6-7(5-15-18)12(19)16-9-4-2-3-8(13)10(9)11(14)17-20/h2-6,20H,1H3,(H2,14,17)(H,16,19). The number of amidine groups is 1. The Kier molecular flexibility index (Phi) is 3.65. The van der Waals surface area contributed by atoms with Crippen LogP contribution < -0.4 is 11.1 Å². The molecule has 0 aliphatic heterocycles. The van der Waals surface area contributed by atoms with Crippen LogP contribution in [0.4, 0.5) is 10.1 Å². The molecule has 0 aliphatic carbocycles. The Morgan fingerprint density at radius 2 is 2.30 bits per heavy atom. The van der Waals surface area contributed by atoms with Crippen LogP contribution in [0.1, 0.15) is 15.9 Å². The predicted octanol–water partition coefficient (Wildman–Crippen LogP) is 0.906. The first kappa shape index (κ1) is 13.5. The third-order valence-electron chi connectivity index (χ3n) is 2.59. The average Bonchev–Trinajstić information content (AvgIpc) is 2.85. The third-order valence-corrected chi connectivity index (χ3v) is 2.59. The summed E-state index contributed by atoms with van der Waals surface area (Å²) in [6, 6.07) is 4.00. The highest BCUT2D eigenvalue weighted by Crippen LogP contribution is 2.19. The van der Waals surface area contributed by atoms with Crippen LogP contribution >= 0.6 is 0 Å². The van der Waals surface area contributed by atoms with E-state index in [0.29, 0.717) is 5.56 Å². The maximum Gasteiger partial charge on any atom is 0.258 e. The van der Waals surface area contributed by atoms with Gasteiger partial charge in [0.25, 0.3) is 5.91 Å². The maximum atomic E-state index is 13.7. The summed E-state index contributed by atoms with van der Waals surface area (Å²) in [4.78, 5) is 12.0. The van der Waals surface area contributed by atoms with Crippen molar-refractivity contribution in [2.24, 2.45) is 17.9 Å². The van der Waals surface area contributed by atoms with E-state index >= 15 is 0 Å². The number of nitrogens with zero attached hydrogens (tertiary/aromatic N) is 3. The van der Waals surface area contributed by atoms with Crippen molar-refractivity contribution in [2.45, 2.75) is 0 Å². The first-order valence-corrected chi connectivity index (χ1v) is 5.59. The van der Waals surface area contributed by atoms with Crippen molar-refractivity contribution >= 4 is 17.4 Å². The fourth-order valence-electron chi connectivity index (χ4n) is 1.67. The maximum absolute atomic E-state index is 13.7. The highest BCUT2D eigenvalue weighted by molar-refractivity contribution is 6.09. The molecule has 2 rings (SSSR count). The van der Waals surface area contributed by atoms with Crippen LogP contribution in [-0.4, -0.2) is 26.7 Å². The van der Waals surface area contributed by atoms with Crippen molar-refractivity contribution in [3.63, 3.8) is 0 Å². The molecule has 20 heavy (non-hydrogen) atoms. The van der Waals surface area contributed by atoms with Crippen molar-refractivity contribution in [1.82, 2.24) is 9.78 Å². The minimum absolute atomic E-state index is 0.106. The van der Waals surface area contributed by atoms with Crippen molar-refractivity contribution in [3.05, 3.63) is 47.5 Å². The smallest absolute Gasteiger partial charge is 0.258 e. The van der Waals surface area contributed by atoms with E-state index in [4.69, 9.17) is 10.9 Å². The average molecular weight is 277 g/mol. The Morgan fingerprint density at radius 3 is 2.90 bits per heavy atom. The van der Waals surface area contributed by atoms with Crippen LogP contribution in [0.3, 0.4) is 0 Å². The Labute approximate surface area is 113 Å². The number of carbonyl (C=O) groups is 1. The minimum Gasteiger partial charge on any atom is -0.409 e. The summed E-state index contributed by atoms with van der Waals surface area (Å²) < 4.78 is 15.2. The van der Waals surface area contributed by atoms with Gasteiger partial charge in [-0.05, 0) is 12.1 Å². The van der Waals surface area contributed by atoms with E-state index in [1.54, 1.807) is 7.05 Å². The lowest BCUT2D eigenvalue weighted by Crippen LogP contribution is -2.20. The molecule has 0 unspecified atom stereocenters. The van der Waals surface area contributed by atoms with Crippen LogP contribution in [0.15, 0.2) is 35.7 Å². The number of benzene rings is 1. The Hall–Kier alpha value is -2.90. The summed E-state index contributed by atoms with van der Waals surface area (Å²) >= 11 is 0. The van der Waals surface area contributed by atoms with Crippen molar-refractivity contribution in [2.75, 3.05) is 5.32 Å². The second-order valence-electron chi connectivity index (χ2n) is 4.00. The molecule has 8 heteroatoms. The number of anilines is 1. The number of hydrogen-bond acceptors (Lipinski definition) is 4. The van der Waals surface area contributed by atoms with E-state index in [9.17, 15) is 9.18 Å². The van der Waals surface area contributed by atoms with Gasteiger partial charge in [-0.25, -0.2) is 4.39 Å². The molecule has 2 aromatic rings. The minimum atomic E-state index is -0.704. The van der Waals surface area contributed by atoms with E-state index in [1.807, 2.05) is 0 Å². The summed E-state index contributed by atoms with van der Waals surface area (Å²) in [5, 5.41) is 17.8. The molecule has 0 saturated carbocycles. The molecule has 0 aliphatic rings. The number of halogens is 1. The molecule has 1 amide bonds. The normalized spacial score (nSPS) is 11.4. The summed E-state index contributed by atoms with van der Waals surface area (Å²) in [6.45, 7) is 0. The molecule has 0 fully saturated rings. The summed E-state index contributed by atoms with van der Waals surface area (Å²) in [7, 11) is 1.67. The van der Waals surface area contributed by atoms with Gasteiger partial charge < -0.3 is 16.3 Å². The molecular weight excluding hydrogens is 265 g/mol. The summed E-state index contributed by atoms with van der Waals surface area (Å²) in [6.07, 6.45) is 2.88. The Balaban J connectivity index is 2.34. The van der Waals surface area contributed by atoms with Gasteiger partial charge in [0.05, 0.1) is 23.0 Å². The summed E-state index contributed by atoms with van der Waals surface area (Å²) in [5.74, 6) is -1.61. The van der Waals surface area contributed by atoms with Crippen LogP contribution in [0.2, 0.25) is 0 Å². The monoisotopic (exact) mass is 277 g/mol. The number of nitrogens with two attached hydrogens (primary N) is 1. The summed E-state index contributed by atoms with van der Waals surface area (Å²) in [5.41, 5.74) is 5.65. The van der Waals surface area contributed by atoms with Gasteiger partial charge in [0, 0.05) is 13.2 Å². The molecule has 7 nitrogen and oxygen atoms in total. The molecule has 4 N–H and O–H groups in total. The van der Waals surface area contributed by atoms with Crippen LogP contribution in [0.25, 0.3) is 0 Å². The lowest BCUT2D eigenvalue weighted by atomic mass is 10.1. The van der Waals surface area contributed by atoms with Gasteiger partial charge >= 0.3 is 0 Å². The van der Waals surface area contributed by atoms with E-state index in [0.717, 1.165) is 6.07 Å². The van der Waals surface area contributed by atoms with E-state index in [1.165, 1.54) is 29.2 Å². The topological polar surface area (TPSA) is 106 Å². The van der Waals surface area contributed by atoms with Gasteiger partial charge in [-0.3, -0.25) is 9.48 Å². The number of carbonyl (C=O) groups excluding carboxylic acids is 1. The quantitative estimate of drug-likeness (QED) is 0.335. The van der Waals surface area contributed by atoms with Gasteiger partial charge in [0.2, 0.25) is 0 Å². The number of oxime groups is 1. The molecule has 0 saturated heterocycles. The number of aromatic nitrogens is 2. The Bertz CT molecular complexity index is 680. The number of nitrogens with one attached hydrogen (secondary N) is 1. The van der Waals surface area contributed by atoms with Crippen LogP contribution in [-0.2, 0) is 7.05 Å². The highest BCUT2D eigenvalue weighted by Gasteiger charge is 2.16.